The molecule has 92 valence electrons. The molecule has 2 amide bonds. The third kappa shape index (κ3) is 2.39. The number of hydrogen-bond acceptors (Lipinski definition) is 1. The van der Waals surface area contributed by atoms with Crippen molar-refractivity contribution in [2.45, 2.75) is 38.6 Å². The van der Waals surface area contributed by atoms with E-state index in [2.05, 4.69) is 0 Å². The molecule has 1 aromatic carbocycles. The highest BCUT2D eigenvalue weighted by molar-refractivity contribution is 6.34. The highest BCUT2D eigenvalue weighted by Crippen LogP contribution is 2.35. The second-order valence-electron chi connectivity index (χ2n) is 4.55. The number of primary amides is 1. The predicted octanol–water partition coefficient (Wildman–Crippen LogP) is 3.48. The fourth-order valence-corrected chi connectivity index (χ4v) is 2.88. The molecule has 1 aliphatic carbocycles. The number of para-hydroxylation sites is 1. The van der Waals surface area contributed by atoms with E-state index in [0.717, 1.165) is 36.9 Å². The molecule has 0 aromatic heterocycles. The highest BCUT2D eigenvalue weighted by atomic mass is 35.5. The number of anilines is 1. The molecule has 0 spiro atoms. The third-order valence-electron chi connectivity index (χ3n) is 3.36. The Bertz CT molecular complexity index is 407. The fourth-order valence-electron chi connectivity index (χ4n) is 2.56. The van der Waals surface area contributed by atoms with E-state index < -0.39 is 6.03 Å². The van der Waals surface area contributed by atoms with Crippen LogP contribution >= 0.6 is 11.6 Å². The Morgan fingerprint density at radius 2 is 2.06 bits per heavy atom. The second kappa shape index (κ2) is 4.96. The molecule has 0 saturated heterocycles. The lowest BCUT2D eigenvalue weighted by Gasteiger charge is -2.29. The number of rotatable bonds is 2. The number of urea groups is 1. The zero-order valence-electron chi connectivity index (χ0n) is 9.95. The molecule has 0 atom stereocenters. The number of amides is 2. The van der Waals surface area contributed by atoms with Gasteiger partial charge in [0, 0.05) is 6.04 Å². The van der Waals surface area contributed by atoms with Crippen LogP contribution in [0.2, 0.25) is 5.02 Å². The lowest BCUT2D eigenvalue weighted by atomic mass is 10.1. The molecule has 2 rings (SSSR count). The highest BCUT2D eigenvalue weighted by Gasteiger charge is 2.28. The second-order valence-corrected chi connectivity index (χ2v) is 4.96. The number of carbonyl (C=O) groups excluding carboxylic acids is 1. The average molecular weight is 253 g/mol. The van der Waals surface area contributed by atoms with Crippen LogP contribution in [-0.2, 0) is 0 Å². The summed E-state index contributed by atoms with van der Waals surface area (Å²) in [4.78, 5) is 13.4. The molecule has 0 unspecified atom stereocenters. The van der Waals surface area contributed by atoms with Gasteiger partial charge in [0.05, 0.1) is 10.7 Å². The summed E-state index contributed by atoms with van der Waals surface area (Å²) >= 11 is 6.20. The van der Waals surface area contributed by atoms with Gasteiger partial charge >= 0.3 is 6.03 Å². The van der Waals surface area contributed by atoms with Crippen LogP contribution in [0.25, 0.3) is 0 Å². The number of benzene rings is 1. The third-order valence-corrected chi connectivity index (χ3v) is 3.66. The molecule has 2 N–H and O–H groups in total. The van der Waals surface area contributed by atoms with Gasteiger partial charge in [0.2, 0.25) is 0 Å². The summed E-state index contributed by atoms with van der Waals surface area (Å²) in [6.07, 6.45) is 4.32. The topological polar surface area (TPSA) is 46.3 Å². The van der Waals surface area contributed by atoms with E-state index in [4.69, 9.17) is 17.3 Å². The Morgan fingerprint density at radius 1 is 1.41 bits per heavy atom. The number of nitrogens with two attached hydrogens (primary N) is 1. The van der Waals surface area contributed by atoms with E-state index >= 15 is 0 Å². The summed E-state index contributed by atoms with van der Waals surface area (Å²) in [6.45, 7) is 1.95. The van der Waals surface area contributed by atoms with Crippen molar-refractivity contribution >= 4 is 23.3 Å². The molecule has 1 saturated carbocycles. The number of carbonyl (C=O) groups is 1. The Kier molecular flexibility index (Phi) is 3.57. The van der Waals surface area contributed by atoms with Gasteiger partial charge in [0.15, 0.2) is 0 Å². The summed E-state index contributed by atoms with van der Waals surface area (Å²) < 4.78 is 0. The van der Waals surface area contributed by atoms with E-state index in [1.807, 2.05) is 19.1 Å². The molecule has 3 nitrogen and oxygen atoms in total. The van der Waals surface area contributed by atoms with E-state index in [-0.39, 0.29) is 6.04 Å². The zero-order valence-corrected chi connectivity index (χ0v) is 10.7. The number of halogens is 1. The van der Waals surface area contributed by atoms with Crippen LogP contribution in [0.4, 0.5) is 10.5 Å². The molecule has 1 aromatic rings. The maximum absolute atomic E-state index is 11.7. The minimum absolute atomic E-state index is 0.200. The van der Waals surface area contributed by atoms with E-state index in [1.54, 1.807) is 11.0 Å². The molecule has 4 heteroatoms. The first-order valence-electron chi connectivity index (χ1n) is 5.95. The van der Waals surface area contributed by atoms with Crippen molar-refractivity contribution in [1.29, 1.82) is 0 Å². The SMILES string of the molecule is Cc1cccc(Cl)c1N(C(N)=O)C1CCCC1. The van der Waals surface area contributed by atoms with Gasteiger partial charge in [-0.05, 0) is 31.4 Å². The lowest BCUT2D eigenvalue weighted by Crippen LogP contribution is -2.43. The van der Waals surface area contributed by atoms with E-state index in [0.29, 0.717) is 5.02 Å². The van der Waals surface area contributed by atoms with Gasteiger partial charge < -0.3 is 5.73 Å². The monoisotopic (exact) mass is 252 g/mol. The minimum atomic E-state index is -0.409. The smallest absolute Gasteiger partial charge is 0.319 e. The molecule has 0 aliphatic heterocycles. The van der Waals surface area contributed by atoms with Crippen molar-refractivity contribution in [2.75, 3.05) is 4.90 Å². The number of aryl methyl sites for hydroxylation is 1. The largest absolute Gasteiger partial charge is 0.351 e. The van der Waals surface area contributed by atoms with Gasteiger partial charge in [0.1, 0.15) is 0 Å². The predicted molar refractivity (Wildman–Crippen MR) is 70.5 cm³/mol. The Hall–Kier alpha value is -1.22. The normalized spacial score (nSPS) is 16.1. The molecular weight excluding hydrogens is 236 g/mol. The summed E-state index contributed by atoms with van der Waals surface area (Å²) in [7, 11) is 0. The Morgan fingerprint density at radius 3 is 2.59 bits per heavy atom. The van der Waals surface area contributed by atoms with Gasteiger partial charge in [-0.3, -0.25) is 4.90 Å². The van der Waals surface area contributed by atoms with Crippen LogP contribution in [0.1, 0.15) is 31.2 Å². The van der Waals surface area contributed by atoms with Crippen molar-refractivity contribution in [1.82, 2.24) is 0 Å². The molecule has 1 fully saturated rings. The zero-order chi connectivity index (χ0) is 12.4. The quantitative estimate of drug-likeness (QED) is 0.861. The van der Waals surface area contributed by atoms with Gasteiger partial charge in [0.25, 0.3) is 0 Å². The van der Waals surface area contributed by atoms with Crippen LogP contribution in [0.15, 0.2) is 18.2 Å². The van der Waals surface area contributed by atoms with Gasteiger partial charge in [-0.25, -0.2) is 4.79 Å². The summed E-state index contributed by atoms with van der Waals surface area (Å²) in [5.74, 6) is 0. The molecule has 0 radical (unpaired) electrons. The maximum Gasteiger partial charge on any atom is 0.319 e. The first kappa shape index (κ1) is 12.2. The fraction of sp³-hybridized carbons (Fsp3) is 0.462. The molecule has 0 heterocycles. The first-order valence-corrected chi connectivity index (χ1v) is 6.33. The summed E-state index contributed by atoms with van der Waals surface area (Å²) in [5, 5.41) is 0.593. The maximum atomic E-state index is 11.7. The molecule has 0 bridgehead atoms. The van der Waals surface area contributed by atoms with Crippen LogP contribution in [0, 0.1) is 6.92 Å². The number of nitrogens with zero attached hydrogens (tertiary/aromatic N) is 1. The standard InChI is InChI=1S/C13H17ClN2O/c1-9-5-4-8-11(14)12(9)16(13(15)17)10-6-2-3-7-10/h4-5,8,10H,2-3,6-7H2,1H3,(H2,15,17). The van der Waals surface area contributed by atoms with Gasteiger partial charge in [-0.1, -0.05) is 36.6 Å². The van der Waals surface area contributed by atoms with Crippen molar-refractivity contribution in [3.8, 4) is 0 Å². The van der Waals surface area contributed by atoms with Crippen molar-refractivity contribution in [3.05, 3.63) is 28.8 Å². The van der Waals surface area contributed by atoms with Crippen molar-refractivity contribution in [2.24, 2.45) is 5.73 Å². The van der Waals surface area contributed by atoms with Crippen LogP contribution in [-0.4, -0.2) is 12.1 Å². The summed E-state index contributed by atoms with van der Waals surface area (Å²) in [5.41, 5.74) is 7.28. The number of hydrogen-bond donors (Lipinski definition) is 1. The molecular formula is C13H17ClN2O. The Labute approximate surface area is 107 Å². The van der Waals surface area contributed by atoms with Crippen LogP contribution < -0.4 is 10.6 Å². The molecule has 1 aliphatic rings. The van der Waals surface area contributed by atoms with Crippen molar-refractivity contribution in [3.63, 3.8) is 0 Å². The van der Waals surface area contributed by atoms with Crippen LogP contribution in [0.5, 0.6) is 0 Å². The first-order chi connectivity index (χ1) is 8.11. The van der Waals surface area contributed by atoms with Gasteiger partial charge in [-0.15, -0.1) is 0 Å². The van der Waals surface area contributed by atoms with Crippen LogP contribution in [0.3, 0.4) is 0 Å². The average Bonchev–Trinajstić information content (AvgIpc) is 2.76. The van der Waals surface area contributed by atoms with E-state index in [1.165, 1.54) is 0 Å². The summed E-state index contributed by atoms with van der Waals surface area (Å²) in [6, 6.07) is 5.43. The van der Waals surface area contributed by atoms with Gasteiger partial charge in [-0.2, -0.15) is 0 Å². The van der Waals surface area contributed by atoms with E-state index in [9.17, 15) is 4.79 Å². The molecule has 17 heavy (non-hydrogen) atoms. The minimum Gasteiger partial charge on any atom is -0.351 e. The Balaban J connectivity index is 2.42. The lowest BCUT2D eigenvalue weighted by molar-refractivity contribution is 0.251. The van der Waals surface area contributed by atoms with Crippen molar-refractivity contribution < 1.29 is 4.79 Å².